The zero-order valence-electron chi connectivity index (χ0n) is 21.3. The average molecular weight is 559 g/mol. The number of aliphatic hydroxyl groups is 2. The van der Waals surface area contributed by atoms with Gasteiger partial charge in [0, 0.05) is 42.8 Å². The molecule has 0 radical (unpaired) electrons. The van der Waals surface area contributed by atoms with Crippen LogP contribution in [0.25, 0.3) is 0 Å². The van der Waals surface area contributed by atoms with Crippen molar-refractivity contribution in [3.05, 3.63) is 93.5 Å². The number of nitrogens with one attached hydrogen (secondary N) is 1. The molecule has 0 spiro atoms. The molecule has 0 amide bonds. The molecule has 1 aliphatic heterocycles. The molecule has 0 bridgehead atoms. The van der Waals surface area contributed by atoms with E-state index < -0.39 is 6.10 Å². The van der Waals surface area contributed by atoms with E-state index in [9.17, 15) is 5.11 Å². The fourth-order valence-corrected chi connectivity index (χ4v) is 5.08. The average Bonchev–Trinajstić information content (AvgIpc) is 2.93. The molecule has 1 aliphatic rings. The molecule has 1 fully saturated rings. The molecule has 7 nitrogen and oxygen atoms in total. The summed E-state index contributed by atoms with van der Waals surface area (Å²) in [5, 5.41) is 29.2. The molecule has 1 saturated heterocycles. The van der Waals surface area contributed by atoms with Gasteiger partial charge in [0.15, 0.2) is 0 Å². The molecule has 0 aromatic heterocycles. The maximum absolute atomic E-state index is 11.0. The Kier molecular flexibility index (Phi) is 9.88. The van der Waals surface area contributed by atoms with Crippen molar-refractivity contribution in [2.24, 2.45) is 0 Å². The first-order chi connectivity index (χ1) is 18.4. The van der Waals surface area contributed by atoms with Gasteiger partial charge in [-0.25, -0.2) is 0 Å². The standard InChI is InChI=1S/C29H33Cl2N3O4/c1-2-37-29(32)22-5-3-21(4-6-22)28(36)19-33-13-14-34(27(18-33)20-7-9-23(30)10-8-20)26-12-11-24(17-25(26)31)38-16-15-35/h3-12,17,27-28,32,35-36H,2,13-16,18-19H2,1H3/t27-,28?/m0/s1. The van der Waals surface area contributed by atoms with Gasteiger partial charge in [0.25, 0.3) is 0 Å². The number of anilines is 1. The van der Waals surface area contributed by atoms with Gasteiger partial charge in [-0.15, -0.1) is 0 Å². The van der Waals surface area contributed by atoms with Gasteiger partial charge in [0.1, 0.15) is 12.4 Å². The highest BCUT2D eigenvalue weighted by molar-refractivity contribution is 6.33. The smallest absolute Gasteiger partial charge is 0.213 e. The summed E-state index contributed by atoms with van der Waals surface area (Å²) in [5.74, 6) is 0.738. The molecule has 9 heteroatoms. The molecular weight excluding hydrogens is 525 g/mol. The summed E-state index contributed by atoms with van der Waals surface area (Å²) in [4.78, 5) is 4.53. The lowest BCUT2D eigenvalue weighted by Gasteiger charge is -2.44. The van der Waals surface area contributed by atoms with Crippen molar-refractivity contribution in [3.8, 4) is 5.75 Å². The summed E-state index contributed by atoms with van der Waals surface area (Å²) >= 11 is 12.9. The Morgan fingerprint density at radius 1 is 1.05 bits per heavy atom. The fourth-order valence-electron chi connectivity index (χ4n) is 4.67. The number of ether oxygens (including phenoxy) is 2. The molecule has 1 unspecified atom stereocenters. The van der Waals surface area contributed by atoms with Crippen LogP contribution in [0.15, 0.2) is 66.7 Å². The SMILES string of the molecule is CCOC(=N)c1ccc(C(O)CN2CCN(c3ccc(OCCO)cc3Cl)[C@H](c3ccc(Cl)cc3)C2)cc1. The van der Waals surface area contributed by atoms with E-state index in [1.165, 1.54) is 0 Å². The first kappa shape index (κ1) is 28.2. The zero-order valence-corrected chi connectivity index (χ0v) is 22.8. The van der Waals surface area contributed by atoms with Crippen molar-refractivity contribution in [2.75, 3.05) is 50.9 Å². The maximum Gasteiger partial charge on any atom is 0.213 e. The van der Waals surface area contributed by atoms with Gasteiger partial charge in [-0.05, 0) is 54.4 Å². The fraction of sp³-hybridized carbons (Fsp3) is 0.345. The molecule has 0 aliphatic carbocycles. The van der Waals surface area contributed by atoms with E-state index >= 15 is 0 Å². The lowest BCUT2D eigenvalue weighted by atomic mass is 10.00. The van der Waals surface area contributed by atoms with Crippen LogP contribution in [0.2, 0.25) is 10.0 Å². The molecule has 38 heavy (non-hydrogen) atoms. The Morgan fingerprint density at radius 2 is 1.79 bits per heavy atom. The van der Waals surface area contributed by atoms with Crippen LogP contribution in [0, 0.1) is 5.41 Å². The first-order valence-corrected chi connectivity index (χ1v) is 13.4. The number of piperazine rings is 1. The molecule has 2 atom stereocenters. The normalized spacial score (nSPS) is 16.8. The van der Waals surface area contributed by atoms with Crippen LogP contribution >= 0.6 is 23.2 Å². The van der Waals surface area contributed by atoms with Gasteiger partial charge < -0.3 is 24.6 Å². The summed E-state index contributed by atoms with van der Waals surface area (Å²) in [6, 6.07) is 20.7. The zero-order chi connectivity index (χ0) is 27.1. The molecule has 0 saturated carbocycles. The van der Waals surface area contributed by atoms with Gasteiger partial charge >= 0.3 is 0 Å². The minimum Gasteiger partial charge on any atom is -0.491 e. The third-order valence-corrected chi connectivity index (χ3v) is 7.14. The minimum absolute atomic E-state index is 0.0102. The quantitative estimate of drug-likeness (QED) is 0.231. The second-order valence-corrected chi connectivity index (χ2v) is 9.95. The van der Waals surface area contributed by atoms with Crippen LogP contribution in [-0.2, 0) is 4.74 Å². The molecule has 3 aromatic carbocycles. The second-order valence-electron chi connectivity index (χ2n) is 9.11. The van der Waals surface area contributed by atoms with E-state index in [1.807, 2.05) is 55.5 Å². The number of hydrogen-bond acceptors (Lipinski definition) is 7. The van der Waals surface area contributed by atoms with Crippen molar-refractivity contribution >= 4 is 34.8 Å². The summed E-state index contributed by atoms with van der Waals surface area (Å²) in [6.45, 7) is 5.05. The summed E-state index contributed by atoms with van der Waals surface area (Å²) in [7, 11) is 0. The Balaban J connectivity index is 1.51. The van der Waals surface area contributed by atoms with E-state index in [0.29, 0.717) is 47.6 Å². The van der Waals surface area contributed by atoms with Crippen LogP contribution in [0.1, 0.15) is 35.8 Å². The van der Waals surface area contributed by atoms with Gasteiger partial charge in [0.05, 0.1) is 36.1 Å². The van der Waals surface area contributed by atoms with E-state index in [1.54, 1.807) is 18.2 Å². The number of benzene rings is 3. The first-order valence-electron chi connectivity index (χ1n) is 12.7. The van der Waals surface area contributed by atoms with Crippen LogP contribution in [0.5, 0.6) is 5.75 Å². The number of hydrogen-bond donors (Lipinski definition) is 3. The molecule has 3 N–H and O–H groups in total. The molecule has 4 rings (SSSR count). The number of halogens is 2. The molecular formula is C29H33Cl2N3O4. The van der Waals surface area contributed by atoms with Crippen LogP contribution in [0.4, 0.5) is 5.69 Å². The third kappa shape index (κ3) is 6.98. The predicted octanol–water partition coefficient (Wildman–Crippen LogP) is 5.32. The van der Waals surface area contributed by atoms with Gasteiger partial charge in [-0.3, -0.25) is 10.3 Å². The van der Waals surface area contributed by atoms with Gasteiger partial charge in [-0.1, -0.05) is 47.5 Å². The minimum atomic E-state index is -0.672. The van der Waals surface area contributed by atoms with Crippen molar-refractivity contribution in [2.45, 2.75) is 19.1 Å². The Morgan fingerprint density at radius 3 is 2.45 bits per heavy atom. The number of nitrogens with zero attached hydrogens (tertiary/aromatic N) is 2. The Bertz CT molecular complexity index is 1210. The largest absolute Gasteiger partial charge is 0.491 e. The molecule has 3 aromatic rings. The van der Waals surface area contributed by atoms with E-state index in [-0.39, 0.29) is 25.2 Å². The van der Waals surface area contributed by atoms with Crippen LogP contribution in [-0.4, -0.2) is 67.0 Å². The van der Waals surface area contributed by atoms with Crippen molar-refractivity contribution < 1.29 is 19.7 Å². The summed E-state index contributed by atoms with van der Waals surface area (Å²) < 4.78 is 10.8. The highest BCUT2D eigenvalue weighted by Crippen LogP contribution is 2.37. The number of aliphatic hydroxyl groups excluding tert-OH is 2. The third-order valence-electron chi connectivity index (χ3n) is 6.59. The Labute approximate surface area is 233 Å². The van der Waals surface area contributed by atoms with Gasteiger partial charge in [0.2, 0.25) is 5.90 Å². The second kappa shape index (κ2) is 13.3. The highest BCUT2D eigenvalue weighted by atomic mass is 35.5. The summed E-state index contributed by atoms with van der Waals surface area (Å²) in [6.07, 6.45) is -0.672. The monoisotopic (exact) mass is 557 g/mol. The lowest BCUT2D eigenvalue weighted by Crippen LogP contribution is -2.49. The van der Waals surface area contributed by atoms with Crippen LogP contribution in [0.3, 0.4) is 0 Å². The van der Waals surface area contributed by atoms with E-state index in [0.717, 1.165) is 23.4 Å². The van der Waals surface area contributed by atoms with Crippen molar-refractivity contribution in [1.82, 2.24) is 4.90 Å². The number of β-amino-alcohol motifs (C(OH)–C–C–N with tert-alkyl or cyclic N) is 1. The van der Waals surface area contributed by atoms with E-state index in [2.05, 4.69) is 9.80 Å². The predicted molar refractivity (Wildman–Crippen MR) is 152 cm³/mol. The van der Waals surface area contributed by atoms with E-state index in [4.69, 9.17) is 43.2 Å². The number of rotatable bonds is 10. The Hall–Kier alpha value is -2.81. The van der Waals surface area contributed by atoms with Crippen molar-refractivity contribution in [1.29, 1.82) is 5.41 Å². The van der Waals surface area contributed by atoms with Crippen molar-refractivity contribution in [3.63, 3.8) is 0 Å². The molecule has 1 heterocycles. The highest BCUT2D eigenvalue weighted by Gasteiger charge is 2.31. The summed E-state index contributed by atoms with van der Waals surface area (Å²) in [5.41, 5.74) is 3.48. The van der Waals surface area contributed by atoms with Gasteiger partial charge in [-0.2, -0.15) is 0 Å². The van der Waals surface area contributed by atoms with Crippen LogP contribution < -0.4 is 9.64 Å². The lowest BCUT2D eigenvalue weighted by molar-refractivity contribution is 0.100. The maximum atomic E-state index is 11.0. The molecule has 202 valence electrons. The topological polar surface area (TPSA) is 89.3 Å².